The molecule has 7 heteroatoms. The summed E-state index contributed by atoms with van der Waals surface area (Å²) in [5.74, 6) is 0.0172. The molecule has 1 atom stereocenters. The molecule has 0 unspecified atom stereocenters. The summed E-state index contributed by atoms with van der Waals surface area (Å²) >= 11 is 0. The molecule has 1 saturated heterocycles. The highest BCUT2D eigenvalue weighted by atomic mass is 32.2. The molecule has 24 heavy (non-hydrogen) atoms. The molecule has 1 fully saturated rings. The van der Waals surface area contributed by atoms with Crippen molar-refractivity contribution in [2.24, 2.45) is 0 Å². The SMILES string of the molecule is CCS(=O)(=O)Nc1ccc(C(=O)N2CCCC[C@H]2CCOC)cc1. The van der Waals surface area contributed by atoms with E-state index in [1.54, 1.807) is 38.3 Å². The second-order valence-corrected chi connectivity index (χ2v) is 8.02. The largest absolute Gasteiger partial charge is 0.385 e. The molecule has 0 aromatic heterocycles. The summed E-state index contributed by atoms with van der Waals surface area (Å²) in [5, 5.41) is 0. The average molecular weight is 354 g/mol. The van der Waals surface area contributed by atoms with Crippen LogP contribution >= 0.6 is 0 Å². The number of benzene rings is 1. The van der Waals surface area contributed by atoms with Crippen molar-refractivity contribution in [1.29, 1.82) is 0 Å². The molecule has 1 heterocycles. The molecule has 1 aliphatic rings. The first-order chi connectivity index (χ1) is 11.5. The van der Waals surface area contributed by atoms with Gasteiger partial charge in [0.25, 0.3) is 5.91 Å². The molecular formula is C17H26N2O4S. The molecule has 1 aliphatic heterocycles. The van der Waals surface area contributed by atoms with E-state index in [1.165, 1.54) is 0 Å². The van der Waals surface area contributed by atoms with E-state index in [0.29, 0.717) is 17.9 Å². The number of nitrogens with zero attached hydrogens (tertiary/aromatic N) is 1. The fraction of sp³-hybridized carbons (Fsp3) is 0.588. The number of carbonyl (C=O) groups is 1. The second-order valence-electron chi connectivity index (χ2n) is 6.01. The quantitative estimate of drug-likeness (QED) is 0.816. The van der Waals surface area contributed by atoms with Gasteiger partial charge in [-0.25, -0.2) is 8.42 Å². The minimum Gasteiger partial charge on any atom is -0.385 e. The molecule has 0 saturated carbocycles. The number of ether oxygens (including phenoxy) is 1. The Bertz CT molecular complexity index is 643. The van der Waals surface area contributed by atoms with Gasteiger partial charge in [-0.1, -0.05) is 0 Å². The molecule has 2 rings (SSSR count). The van der Waals surface area contributed by atoms with Gasteiger partial charge in [0.1, 0.15) is 0 Å². The van der Waals surface area contributed by atoms with Gasteiger partial charge < -0.3 is 9.64 Å². The van der Waals surface area contributed by atoms with Crippen LogP contribution in [0.4, 0.5) is 5.69 Å². The van der Waals surface area contributed by atoms with Crippen LogP contribution in [-0.4, -0.2) is 51.3 Å². The Morgan fingerprint density at radius 3 is 2.62 bits per heavy atom. The fourth-order valence-electron chi connectivity index (χ4n) is 2.92. The lowest BCUT2D eigenvalue weighted by molar-refractivity contribution is 0.0553. The highest BCUT2D eigenvalue weighted by Gasteiger charge is 2.27. The smallest absolute Gasteiger partial charge is 0.254 e. The third-order valence-electron chi connectivity index (χ3n) is 4.33. The van der Waals surface area contributed by atoms with E-state index in [0.717, 1.165) is 32.2 Å². The van der Waals surface area contributed by atoms with Crippen LogP contribution in [0.3, 0.4) is 0 Å². The van der Waals surface area contributed by atoms with E-state index >= 15 is 0 Å². The van der Waals surface area contributed by atoms with Crippen LogP contribution < -0.4 is 4.72 Å². The topological polar surface area (TPSA) is 75.7 Å². The molecule has 134 valence electrons. The second kappa shape index (κ2) is 8.48. The number of rotatable bonds is 7. The molecular weight excluding hydrogens is 328 g/mol. The minimum absolute atomic E-state index is 0.000650. The van der Waals surface area contributed by atoms with Gasteiger partial charge in [-0.15, -0.1) is 0 Å². The Morgan fingerprint density at radius 2 is 2.00 bits per heavy atom. The van der Waals surface area contributed by atoms with Crippen LogP contribution in [0.2, 0.25) is 0 Å². The van der Waals surface area contributed by atoms with E-state index in [4.69, 9.17) is 4.74 Å². The maximum atomic E-state index is 12.8. The molecule has 0 bridgehead atoms. The van der Waals surface area contributed by atoms with Crippen molar-refractivity contribution in [3.05, 3.63) is 29.8 Å². The van der Waals surface area contributed by atoms with Gasteiger partial charge in [0.15, 0.2) is 0 Å². The van der Waals surface area contributed by atoms with Gasteiger partial charge in [0.2, 0.25) is 10.0 Å². The average Bonchev–Trinajstić information content (AvgIpc) is 2.60. The van der Waals surface area contributed by atoms with E-state index in [2.05, 4.69) is 4.72 Å². The Hall–Kier alpha value is -1.60. The van der Waals surface area contributed by atoms with E-state index in [-0.39, 0.29) is 17.7 Å². The Morgan fingerprint density at radius 1 is 1.29 bits per heavy atom. The van der Waals surface area contributed by atoms with Crippen molar-refractivity contribution >= 4 is 21.6 Å². The van der Waals surface area contributed by atoms with Crippen LogP contribution in [0, 0.1) is 0 Å². The first-order valence-corrected chi connectivity index (χ1v) is 10.0. The Balaban J connectivity index is 2.08. The number of methoxy groups -OCH3 is 1. The lowest BCUT2D eigenvalue weighted by atomic mass is 9.98. The summed E-state index contributed by atoms with van der Waals surface area (Å²) in [5.41, 5.74) is 1.06. The summed E-state index contributed by atoms with van der Waals surface area (Å²) in [6.07, 6.45) is 4.00. The summed E-state index contributed by atoms with van der Waals surface area (Å²) in [4.78, 5) is 14.7. The van der Waals surface area contributed by atoms with E-state index in [1.807, 2.05) is 4.90 Å². The van der Waals surface area contributed by atoms with Crippen molar-refractivity contribution in [3.63, 3.8) is 0 Å². The maximum absolute atomic E-state index is 12.8. The third-order valence-corrected chi connectivity index (χ3v) is 5.64. The molecule has 1 aromatic carbocycles. The molecule has 6 nitrogen and oxygen atoms in total. The number of carbonyl (C=O) groups excluding carboxylic acids is 1. The molecule has 0 radical (unpaired) electrons. The molecule has 1 aromatic rings. The van der Waals surface area contributed by atoms with Crippen LogP contribution in [0.1, 0.15) is 43.0 Å². The predicted octanol–water partition coefficient (Wildman–Crippen LogP) is 2.48. The van der Waals surface area contributed by atoms with Gasteiger partial charge in [0, 0.05) is 37.6 Å². The monoisotopic (exact) mass is 354 g/mol. The van der Waals surface area contributed by atoms with Crippen molar-refractivity contribution in [1.82, 2.24) is 4.90 Å². The summed E-state index contributed by atoms with van der Waals surface area (Å²) in [6, 6.07) is 6.84. The summed E-state index contributed by atoms with van der Waals surface area (Å²) in [6.45, 7) is 2.99. The van der Waals surface area contributed by atoms with Gasteiger partial charge >= 0.3 is 0 Å². The Kier molecular flexibility index (Phi) is 6.62. The number of anilines is 1. The summed E-state index contributed by atoms with van der Waals surface area (Å²) < 4.78 is 30.8. The zero-order valence-electron chi connectivity index (χ0n) is 14.3. The number of amides is 1. The number of nitrogens with one attached hydrogen (secondary N) is 1. The Labute approximate surface area is 144 Å². The number of likely N-dealkylation sites (tertiary alicyclic amines) is 1. The molecule has 1 amide bonds. The fourth-order valence-corrected chi connectivity index (χ4v) is 3.56. The van der Waals surface area contributed by atoms with Crippen molar-refractivity contribution in [3.8, 4) is 0 Å². The molecule has 1 N–H and O–H groups in total. The van der Waals surface area contributed by atoms with Gasteiger partial charge in [-0.05, 0) is 56.9 Å². The van der Waals surface area contributed by atoms with E-state index < -0.39 is 10.0 Å². The van der Waals surface area contributed by atoms with E-state index in [9.17, 15) is 13.2 Å². The van der Waals surface area contributed by atoms with Crippen molar-refractivity contribution in [2.75, 3.05) is 30.7 Å². The van der Waals surface area contributed by atoms with Gasteiger partial charge in [-0.3, -0.25) is 9.52 Å². The van der Waals surface area contributed by atoms with Gasteiger partial charge in [0.05, 0.1) is 5.75 Å². The van der Waals surface area contributed by atoms with Crippen LogP contribution in [0.5, 0.6) is 0 Å². The highest BCUT2D eigenvalue weighted by molar-refractivity contribution is 7.92. The lowest BCUT2D eigenvalue weighted by Gasteiger charge is -2.36. The maximum Gasteiger partial charge on any atom is 0.254 e. The van der Waals surface area contributed by atoms with Crippen molar-refractivity contribution in [2.45, 2.75) is 38.6 Å². The van der Waals surface area contributed by atoms with Crippen LogP contribution in [-0.2, 0) is 14.8 Å². The molecule has 0 aliphatic carbocycles. The predicted molar refractivity (Wildman–Crippen MR) is 94.7 cm³/mol. The first kappa shape index (κ1) is 18.7. The first-order valence-electron chi connectivity index (χ1n) is 8.37. The van der Waals surface area contributed by atoms with Gasteiger partial charge in [-0.2, -0.15) is 0 Å². The zero-order valence-corrected chi connectivity index (χ0v) is 15.1. The zero-order chi connectivity index (χ0) is 17.6. The number of hydrogen-bond acceptors (Lipinski definition) is 4. The number of hydrogen-bond donors (Lipinski definition) is 1. The molecule has 0 spiro atoms. The highest BCUT2D eigenvalue weighted by Crippen LogP contribution is 2.23. The third kappa shape index (κ3) is 4.95. The number of piperidine rings is 1. The van der Waals surface area contributed by atoms with Crippen LogP contribution in [0.15, 0.2) is 24.3 Å². The standard InChI is InChI=1S/C17H26N2O4S/c1-3-24(21,22)18-15-9-7-14(8-10-15)17(20)19-12-5-4-6-16(19)11-13-23-2/h7-10,16,18H,3-6,11-13H2,1-2H3/t16-/m0/s1. The lowest BCUT2D eigenvalue weighted by Crippen LogP contribution is -2.44. The van der Waals surface area contributed by atoms with Crippen molar-refractivity contribution < 1.29 is 17.9 Å². The normalized spacial score (nSPS) is 18.4. The van der Waals surface area contributed by atoms with Crippen LogP contribution in [0.25, 0.3) is 0 Å². The summed E-state index contributed by atoms with van der Waals surface area (Å²) in [7, 11) is -1.63. The minimum atomic E-state index is -3.30. The number of sulfonamides is 1.